The molecule has 0 aliphatic carbocycles. The Morgan fingerprint density at radius 1 is 1.14 bits per heavy atom. The maximum atomic E-state index is 13.3. The molecule has 1 aliphatic heterocycles. The Hall–Kier alpha value is -2.60. The molecule has 1 aromatic heterocycles. The van der Waals surface area contributed by atoms with E-state index in [1.54, 1.807) is 13.2 Å². The monoisotopic (exact) mass is 384 g/mol. The first-order valence-electron chi connectivity index (χ1n) is 9.77. The average Bonchev–Trinajstić information content (AvgIpc) is 3.15. The summed E-state index contributed by atoms with van der Waals surface area (Å²) in [5, 5.41) is 4.96. The van der Waals surface area contributed by atoms with Gasteiger partial charge < -0.3 is 18.9 Å². The van der Waals surface area contributed by atoms with E-state index >= 15 is 0 Å². The van der Waals surface area contributed by atoms with E-state index in [9.17, 15) is 4.39 Å². The molecule has 0 radical (unpaired) electrons. The zero-order valence-electron chi connectivity index (χ0n) is 16.1. The van der Waals surface area contributed by atoms with Gasteiger partial charge in [-0.25, -0.2) is 4.39 Å². The highest BCUT2D eigenvalue weighted by molar-refractivity contribution is 5.80. The minimum absolute atomic E-state index is 0.280. The fraction of sp³-hybridized carbons (Fsp3) is 0.409. The van der Waals surface area contributed by atoms with Crippen LogP contribution in [-0.4, -0.2) is 43.4 Å². The molecule has 1 aliphatic rings. The van der Waals surface area contributed by atoms with Crippen LogP contribution in [0, 0.1) is 5.82 Å². The van der Waals surface area contributed by atoms with Crippen molar-refractivity contribution in [1.82, 2.24) is 10.1 Å². The number of halogens is 1. The number of aromatic nitrogens is 1. The van der Waals surface area contributed by atoms with Crippen molar-refractivity contribution in [2.45, 2.75) is 25.2 Å². The summed E-state index contributed by atoms with van der Waals surface area (Å²) in [6.07, 6.45) is 3.01. The third-order valence-corrected chi connectivity index (χ3v) is 5.37. The minimum Gasteiger partial charge on any atom is -0.493 e. The number of hydrogen-bond acceptors (Lipinski definition) is 5. The standard InChI is InChI=1S/C22H25FN2O3/c1-26-20-5-2-3-6-21(20)27-14-4-11-25-12-9-16(10-13-25)22-18-8-7-17(23)15-19(18)24-28-22/h2-3,5-8,15-16H,4,9-14H2,1H3. The number of benzene rings is 2. The Bertz CT molecular complexity index is 919. The van der Waals surface area contributed by atoms with Crippen molar-refractivity contribution >= 4 is 10.9 Å². The number of methoxy groups -OCH3 is 1. The molecule has 0 N–H and O–H groups in total. The van der Waals surface area contributed by atoms with Crippen molar-refractivity contribution in [3.05, 3.63) is 54.0 Å². The van der Waals surface area contributed by atoms with E-state index in [2.05, 4.69) is 10.1 Å². The van der Waals surface area contributed by atoms with Crippen molar-refractivity contribution in [1.29, 1.82) is 0 Å². The van der Waals surface area contributed by atoms with Gasteiger partial charge in [-0.3, -0.25) is 0 Å². The van der Waals surface area contributed by atoms with E-state index in [0.29, 0.717) is 18.0 Å². The molecular formula is C22H25FN2O3. The fourth-order valence-electron chi connectivity index (χ4n) is 3.86. The van der Waals surface area contributed by atoms with E-state index in [4.69, 9.17) is 14.0 Å². The molecule has 0 spiro atoms. The molecule has 1 fully saturated rings. The van der Waals surface area contributed by atoms with Gasteiger partial charge in [0.25, 0.3) is 0 Å². The second-order valence-corrected chi connectivity index (χ2v) is 7.18. The Balaban J connectivity index is 1.24. The minimum atomic E-state index is -0.280. The van der Waals surface area contributed by atoms with Crippen LogP contribution in [0.25, 0.3) is 10.9 Å². The normalized spacial score (nSPS) is 15.8. The first kappa shape index (κ1) is 18.7. The molecule has 0 saturated carbocycles. The van der Waals surface area contributed by atoms with Crippen molar-refractivity contribution in [2.75, 3.05) is 33.4 Å². The summed E-state index contributed by atoms with van der Waals surface area (Å²) in [5.74, 6) is 2.52. The van der Waals surface area contributed by atoms with Crippen LogP contribution in [0.4, 0.5) is 4.39 Å². The molecule has 148 valence electrons. The number of likely N-dealkylation sites (tertiary alicyclic amines) is 1. The Labute approximate surface area is 164 Å². The Morgan fingerprint density at radius 2 is 1.93 bits per heavy atom. The van der Waals surface area contributed by atoms with Gasteiger partial charge in [-0.2, -0.15) is 0 Å². The highest BCUT2D eigenvalue weighted by Crippen LogP contribution is 2.33. The molecular weight excluding hydrogens is 359 g/mol. The number of ether oxygens (including phenoxy) is 2. The molecule has 0 bridgehead atoms. The molecule has 4 rings (SSSR count). The SMILES string of the molecule is COc1ccccc1OCCCN1CCC(c2onc3cc(F)ccc23)CC1. The Morgan fingerprint density at radius 3 is 2.71 bits per heavy atom. The topological polar surface area (TPSA) is 47.7 Å². The van der Waals surface area contributed by atoms with E-state index < -0.39 is 0 Å². The Kier molecular flexibility index (Phi) is 5.76. The molecule has 1 saturated heterocycles. The van der Waals surface area contributed by atoms with E-state index in [1.807, 2.05) is 24.3 Å². The molecule has 2 aromatic carbocycles. The second kappa shape index (κ2) is 8.61. The van der Waals surface area contributed by atoms with Gasteiger partial charge in [-0.05, 0) is 56.6 Å². The highest BCUT2D eigenvalue weighted by Gasteiger charge is 2.25. The zero-order chi connectivity index (χ0) is 19.3. The predicted octanol–water partition coefficient (Wildman–Crippen LogP) is 4.62. The first-order chi connectivity index (χ1) is 13.7. The van der Waals surface area contributed by atoms with Crippen molar-refractivity contribution in [3.63, 3.8) is 0 Å². The summed E-state index contributed by atoms with van der Waals surface area (Å²) in [5.41, 5.74) is 0.603. The van der Waals surface area contributed by atoms with Crippen LogP contribution < -0.4 is 9.47 Å². The molecule has 0 amide bonds. The van der Waals surface area contributed by atoms with Gasteiger partial charge in [0.1, 0.15) is 17.1 Å². The largest absolute Gasteiger partial charge is 0.493 e. The van der Waals surface area contributed by atoms with Gasteiger partial charge in [0, 0.05) is 23.9 Å². The number of rotatable bonds is 7. The number of fused-ring (bicyclic) bond motifs is 1. The lowest BCUT2D eigenvalue weighted by atomic mass is 9.92. The van der Waals surface area contributed by atoms with Crippen LogP contribution >= 0.6 is 0 Å². The zero-order valence-corrected chi connectivity index (χ0v) is 16.1. The summed E-state index contributed by atoms with van der Waals surface area (Å²) < 4.78 is 30.0. The molecule has 3 aromatic rings. The maximum Gasteiger partial charge on any atom is 0.161 e. The van der Waals surface area contributed by atoms with Crippen LogP contribution in [0.1, 0.15) is 30.9 Å². The van der Waals surface area contributed by atoms with E-state index in [1.165, 1.54) is 12.1 Å². The van der Waals surface area contributed by atoms with Gasteiger partial charge in [0.15, 0.2) is 11.5 Å². The maximum absolute atomic E-state index is 13.3. The van der Waals surface area contributed by atoms with Gasteiger partial charge in [-0.15, -0.1) is 0 Å². The molecule has 5 nitrogen and oxygen atoms in total. The van der Waals surface area contributed by atoms with Crippen LogP contribution in [0.5, 0.6) is 11.5 Å². The number of para-hydroxylation sites is 2. The smallest absolute Gasteiger partial charge is 0.161 e. The number of piperidine rings is 1. The lowest BCUT2D eigenvalue weighted by molar-refractivity contribution is 0.181. The molecule has 6 heteroatoms. The fourth-order valence-corrected chi connectivity index (χ4v) is 3.86. The quantitative estimate of drug-likeness (QED) is 0.556. The molecule has 0 atom stereocenters. The first-order valence-corrected chi connectivity index (χ1v) is 9.77. The van der Waals surface area contributed by atoms with Crippen molar-refractivity contribution < 1.29 is 18.4 Å². The summed E-state index contributed by atoms with van der Waals surface area (Å²) in [6.45, 7) is 3.70. The predicted molar refractivity (Wildman–Crippen MR) is 105 cm³/mol. The summed E-state index contributed by atoms with van der Waals surface area (Å²) in [4.78, 5) is 2.46. The lowest BCUT2D eigenvalue weighted by Gasteiger charge is -2.30. The molecule has 2 heterocycles. The second-order valence-electron chi connectivity index (χ2n) is 7.18. The van der Waals surface area contributed by atoms with Crippen LogP contribution in [-0.2, 0) is 0 Å². The summed E-state index contributed by atoms with van der Waals surface area (Å²) >= 11 is 0. The van der Waals surface area contributed by atoms with Crippen LogP contribution in [0.15, 0.2) is 47.0 Å². The van der Waals surface area contributed by atoms with E-state index in [-0.39, 0.29) is 5.82 Å². The number of nitrogens with zero attached hydrogens (tertiary/aromatic N) is 2. The van der Waals surface area contributed by atoms with Gasteiger partial charge >= 0.3 is 0 Å². The molecule has 0 unspecified atom stereocenters. The van der Waals surface area contributed by atoms with Crippen LogP contribution in [0.2, 0.25) is 0 Å². The van der Waals surface area contributed by atoms with Gasteiger partial charge in [0.2, 0.25) is 0 Å². The van der Waals surface area contributed by atoms with Gasteiger partial charge in [-0.1, -0.05) is 17.3 Å². The van der Waals surface area contributed by atoms with Crippen molar-refractivity contribution in [3.8, 4) is 11.5 Å². The molecule has 28 heavy (non-hydrogen) atoms. The number of hydrogen-bond donors (Lipinski definition) is 0. The third-order valence-electron chi connectivity index (χ3n) is 5.37. The summed E-state index contributed by atoms with van der Waals surface area (Å²) in [7, 11) is 1.65. The average molecular weight is 384 g/mol. The lowest BCUT2D eigenvalue weighted by Crippen LogP contribution is -2.34. The van der Waals surface area contributed by atoms with Gasteiger partial charge in [0.05, 0.1) is 13.7 Å². The third kappa shape index (κ3) is 4.12. The van der Waals surface area contributed by atoms with Crippen molar-refractivity contribution in [2.24, 2.45) is 0 Å². The van der Waals surface area contributed by atoms with Crippen LogP contribution in [0.3, 0.4) is 0 Å². The highest BCUT2D eigenvalue weighted by atomic mass is 19.1. The van der Waals surface area contributed by atoms with E-state index in [0.717, 1.165) is 61.5 Å². The summed E-state index contributed by atoms with van der Waals surface area (Å²) in [6, 6.07) is 12.4.